The Hall–Kier alpha value is -3.73. The predicted molar refractivity (Wildman–Crippen MR) is 113 cm³/mol. The zero-order valence-corrected chi connectivity index (χ0v) is 15.9. The Labute approximate surface area is 168 Å². The quantitative estimate of drug-likeness (QED) is 0.508. The highest BCUT2D eigenvalue weighted by molar-refractivity contribution is 5.89. The smallest absolute Gasteiger partial charge is 0.231 e. The molecule has 0 radical (unpaired) electrons. The molecule has 0 spiro atoms. The number of aromatic nitrogens is 1. The van der Waals surface area contributed by atoms with Crippen LogP contribution >= 0.6 is 0 Å². The van der Waals surface area contributed by atoms with Crippen LogP contribution in [0.1, 0.15) is 22.7 Å². The Morgan fingerprint density at radius 3 is 2.72 bits per heavy atom. The molecule has 0 saturated heterocycles. The molecule has 1 aromatic heterocycles. The fraction of sp³-hybridized carbons (Fsp3) is 0.125. The molecule has 4 aromatic rings. The minimum absolute atomic E-state index is 0.220. The van der Waals surface area contributed by atoms with Crippen molar-refractivity contribution in [1.82, 2.24) is 4.98 Å². The van der Waals surface area contributed by atoms with Gasteiger partial charge in [0.15, 0.2) is 11.5 Å². The zero-order chi connectivity index (χ0) is 19.8. The summed E-state index contributed by atoms with van der Waals surface area (Å²) in [5.74, 6) is 2.42. The predicted octanol–water partition coefficient (Wildman–Crippen LogP) is 5.18. The summed E-state index contributed by atoms with van der Waals surface area (Å²) in [7, 11) is 0. The van der Waals surface area contributed by atoms with Crippen LogP contribution in [0.5, 0.6) is 17.2 Å². The van der Waals surface area contributed by atoms with Crippen LogP contribution in [0.2, 0.25) is 0 Å². The lowest BCUT2D eigenvalue weighted by atomic mass is 9.94. The van der Waals surface area contributed by atoms with E-state index in [9.17, 15) is 5.11 Å². The summed E-state index contributed by atoms with van der Waals surface area (Å²) in [6, 6.07) is 21.2. The van der Waals surface area contributed by atoms with Crippen molar-refractivity contribution in [3.8, 4) is 17.2 Å². The van der Waals surface area contributed by atoms with Crippen molar-refractivity contribution in [2.75, 3.05) is 12.1 Å². The Morgan fingerprint density at radius 1 is 0.966 bits per heavy atom. The summed E-state index contributed by atoms with van der Waals surface area (Å²) in [6.45, 7) is 2.24. The molecule has 0 fully saturated rings. The molecular formula is C24H20N2O3. The molecule has 0 amide bonds. The minimum atomic E-state index is -0.316. The van der Waals surface area contributed by atoms with Crippen LogP contribution in [0.3, 0.4) is 0 Å². The van der Waals surface area contributed by atoms with Crippen LogP contribution in [0.25, 0.3) is 10.8 Å². The molecule has 0 aliphatic carbocycles. The van der Waals surface area contributed by atoms with Gasteiger partial charge >= 0.3 is 0 Å². The number of anilines is 1. The molecule has 1 aliphatic heterocycles. The Morgan fingerprint density at radius 2 is 1.83 bits per heavy atom. The molecule has 5 heteroatoms. The molecule has 1 atom stereocenters. The normalized spacial score (nSPS) is 13.4. The van der Waals surface area contributed by atoms with Crippen LogP contribution in [0, 0.1) is 6.92 Å². The van der Waals surface area contributed by atoms with E-state index in [1.807, 2.05) is 73.7 Å². The summed E-state index contributed by atoms with van der Waals surface area (Å²) >= 11 is 0. The number of nitrogens with zero attached hydrogens (tertiary/aromatic N) is 1. The van der Waals surface area contributed by atoms with Gasteiger partial charge in [-0.3, -0.25) is 0 Å². The minimum Gasteiger partial charge on any atom is -0.507 e. The van der Waals surface area contributed by atoms with E-state index < -0.39 is 0 Å². The van der Waals surface area contributed by atoms with Gasteiger partial charge in [-0.05, 0) is 47.7 Å². The van der Waals surface area contributed by atoms with Gasteiger partial charge in [0.2, 0.25) is 6.79 Å². The summed E-state index contributed by atoms with van der Waals surface area (Å²) in [4.78, 5) is 4.45. The van der Waals surface area contributed by atoms with E-state index in [-0.39, 0.29) is 18.6 Å². The van der Waals surface area contributed by atoms with Crippen molar-refractivity contribution in [1.29, 1.82) is 0 Å². The van der Waals surface area contributed by atoms with E-state index in [0.29, 0.717) is 5.75 Å². The molecule has 0 bridgehead atoms. The van der Waals surface area contributed by atoms with Gasteiger partial charge in [-0.1, -0.05) is 42.5 Å². The second-order valence-corrected chi connectivity index (χ2v) is 7.13. The number of aryl methyl sites for hydroxylation is 1. The van der Waals surface area contributed by atoms with Crippen molar-refractivity contribution in [2.24, 2.45) is 0 Å². The molecule has 5 rings (SSSR count). The average molecular weight is 384 g/mol. The van der Waals surface area contributed by atoms with Gasteiger partial charge in [0.25, 0.3) is 0 Å². The Bertz CT molecular complexity index is 1210. The van der Waals surface area contributed by atoms with Crippen LogP contribution in [-0.2, 0) is 0 Å². The van der Waals surface area contributed by atoms with Crippen LogP contribution in [0.4, 0.5) is 5.82 Å². The third-order valence-electron chi connectivity index (χ3n) is 5.18. The van der Waals surface area contributed by atoms with Crippen molar-refractivity contribution >= 4 is 16.6 Å². The molecule has 1 aliphatic rings. The number of rotatable bonds is 4. The Kier molecular flexibility index (Phi) is 4.21. The molecule has 2 heterocycles. The third-order valence-corrected chi connectivity index (χ3v) is 5.18. The third kappa shape index (κ3) is 3.21. The fourth-order valence-corrected chi connectivity index (χ4v) is 3.70. The van der Waals surface area contributed by atoms with E-state index in [2.05, 4.69) is 10.3 Å². The van der Waals surface area contributed by atoms with E-state index in [4.69, 9.17) is 9.47 Å². The molecule has 1 unspecified atom stereocenters. The maximum atomic E-state index is 11.1. The van der Waals surface area contributed by atoms with E-state index >= 15 is 0 Å². The van der Waals surface area contributed by atoms with Gasteiger partial charge in [-0.25, -0.2) is 4.98 Å². The number of pyridine rings is 1. The molecule has 144 valence electrons. The zero-order valence-electron chi connectivity index (χ0n) is 15.9. The van der Waals surface area contributed by atoms with Crippen LogP contribution < -0.4 is 14.8 Å². The molecule has 29 heavy (non-hydrogen) atoms. The highest BCUT2D eigenvalue weighted by atomic mass is 16.7. The van der Waals surface area contributed by atoms with Gasteiger partial charge in [0.05, 0.1) is 6.04 Å². The summed E-state index contributed by atoms with van der Waals surface area (Å²) in [5.41, 5.74) is 2.82. The van der Waals surface area contributed by atoms with Gasteiger partial charge in [-0.2, -0.15) is 0 Å². The van der Waals surface area contributed by atoms with E-state index in [0.717, 1.165) is 39.0 Å². The lowest BCUT2D eigenvalue weighted by Gasteiger charge is -2.22. The number of hydrogen-bond acceptors (Lipinski definition) is 5. The molecule has 5 nitrogen and oxygen atoms in total. The monoisotopic (exact) mass is 384 g/mol. The number of phenols is 1. The standard InChI is InChI=1S/C24H20N2O3/c1-15-10-11-25-22(12-15)26-23(17-7-9-20-21(13-17)29-14-28-20)19-8-6-16-4-2-3-5-18(16)24(19)27/h2-13,23,27H,14H2,1H3,(H,25,26). The first-order chi connectivity index (χ1) is 14.2. The van der Waals surface area contributed by atoms with Gasteiger partial charge in [0.1, 0.15) is 11.6 Å². The summed E-state index contributed by atoms with van der Waals surface area (Å²) in [6.07, 6.45) is 1.77. The Balaban J connectivity index is 1.65. The lowest BCUT2D eigenvalue weighted by molar-refractivity contribution is 0.174. The van der Waals surface area contributed by atoms with E-state index in [1.165, 1.54) is 0 Å². The maximum Gasteiger partial charge on any atom is 0.231 e. The first-order valence-electron chi connectivity index (χ1n) is 9.48. The first-order valence-corrected chi connectivity index (χ1v) is 9.48. The fourth-order valence-electron chi connectivity index (χ4n) is 3.70. The van der Waals surface area contributed by atoms with Crippen LogP contribution in [-0.4, -0.2) is 16.9 Å². The van der Waals surface area contributed by atoms with Crippen molar-refractivity contribution in [3.05, 3.63) is 89.6 Å². The molecular weight excluding hydrogens is 364 g/mol. The highest BCUT2D eigenvalue weighted by Crippen LogP contribution is 2.40. The topological polar surface area (TPSA) is 63.6 Å². The van der Waals surface area contributed by atoms with E-state index in [1.54, 1.807) is 6.20 Å². The summed E-state index contributed by atoms with van der Waals surface area (Å²) in [5, 5.41) is 16.4. The average Bonchev–Trinajstić information content (AvgIpc) is 3.21. The van der Waals surface area contributed by atoms with Crippen molar-refractivity contribution < 1.29 is 14.6 Å². The SMILES string of the molecule is Cc1ccnc(NC(c2ccc3c(c2)OCO3)c2ccc3ccccc3c2O)c1. The van der Waals surface area contributed by atoms with Gasteiger partial charge in [-0.15, -0.1) is 0 Å². The second kappa shape index (κ2) is 7.02. The molecule has 0 saturated carbocycles. The first kappa shape index (κ1) is 17.4. The van der Waals surface area contributed by atoms with Crippen molar-refractivity contribution in [3.63, 3.8) is 0 Å². The summed E-state index contributed by atoms with van der Waals surface area (Å²) < 4.78 is 11.0. The second-order valence-electron chi connectivity index (χ2n) is 7.13. The number of nitrogens with one attached hydrogen (secondary N) is 1. The number of fused-ring (bicyclic) bond motifs is 2. The number of phenolic OH excluding ortho intramolecular Hbond substituents is 1. The number of benzene rings is 3. The molecule has 3 aromatic carbocycles. The number of aromatic hydroxyl groups is 1. The molecule has 2 N–H and O–H groups in total. The number of hydrogen-bond donors (Lipinski definition) is 2. The highest BCUT2D eigenvalue weighted by Gasteiger charge is 2.23. The largest absolute Gasteiger partial charge is 0.507 e. The maximum absolute atomic E-state index is 11.1. The lowest BCUT2D eigenvalue weighted by Crippen LogP contribution is -2.14. The van der Waals surface area contributed by atoms with Crippen molar-refractivity contribution in [2.45, 2.75) is 13.0 Å². The van der Waals surface area contributed by atoms with Gasteiger partial charge in [0, 0.05) is 17.1 Å². The number of ether oxygens (including phenoxy) is 2. The van der Waals surface area contributed by atoms with Gasteiger partial charge < -0.3 is 19.9 Å². The van der Waals surface area contributed by atoms with Crippen LogP contribution in [0.15, 0.2) is 72.9 Å².